The average molecular weight is 454 g/mol. The summed E-state index contributed by atoms with van der Waals surface area (Å²) in [6, 6.07) is 11.3. The van der Waals surface area contributed by atoms with Crippen LogP contribution in [0.25, 0.3) is 11.0 Å². The highest BCUT2D eigenvalue weighted by Crippen LogP contribution is 2.42. The van der Waals surface area contributed by atoms with Crippen molar-refractivity contribution >= 4 is 44.9 Å². The van der Waals surface area contributed by atoms with Crippen LogP contribution in [0.4, 0.5) is 5.13 Å². The molecular weight excluding hydrogens is 438 g/mol. The average Bonchev–Trinajstić information content (AvgIpc) is 3.36. The van der Waals surface area contributed by atoms with Crippen LogP contribution in [0.1, 0.15) is 39.7 Å². The smallest absolute Gasteiger partial charge is 0.297 e. The van der Waals surface area contributed by atoms with Crippen molar-refractivity contribution in [1.82, 2.24) is 10.2 Å². The fraction of sp³-hybridized carbons (Fsp3) is 0.182. The number of fused-ring (bicyclic) bond motifs is 2. The number of aromatic nitrogens is 2. The fourth-order valence-corrected chi connectivity index (χ4v) is 4.76. The Hall–Kier alpha value is -3.23. The van der Waals surface area contributed by atoms with Gasteiger partial charge in [-0.15, -0.1) is 10.2 Å². The van der Waals surface area contributed by atoms with Gasteiger partial charge in [0.25, 0.3) is 5.91 Å². The summed E-state index contributed by atoms with van der Waals surface area (Å²) in [4.78, 5) is 28.5. The van der Waals surface area contributed by atoms with E-state index in [4.69, 9.17) is 20.8 Å². The van der Waals surface area contributed by atoms with E-state index >= 15 is 0 Å². The molecule has 3 heterocycles. The topological polar surface area (TPSA) is 85.5 Å². The van der Waals surface area contributed by atoms with Gasteiger partial charge < -0.3 is 9.15 Å². The molecule has 31 heavy (non-hydrogen) atoms. The molecule has 2 aromatic carbocycles. The molecular formula is C22H16ClN3O4S. The molecule has 0 N–H and O–H groups in total. The normalized spacial score (nSPS) is 15.5. The van der Waals surface area contributed by atoms with Gasteiger partial charge in [-0.05, 0) is 36.2 Å². The van der Waals surface area contributed by atoms with Crippen LogP contribution in [0.5, 0.6) is 5.75 Å². The highest BCUT2D eigenvalue weighted by Gasteiger charge is 2.45. The van der Waals surface area contributed by atoms with Crippen molar-refractivity contribution in [3.05, 3.63) is 79.6 Å². The first kappa shape index (κ1) is 19.7. The number of amides is 1. The third-order valence-corrected chi connectivity index (χ3v) is 6.51. The van der Waals surface area contributed by atoms with Gasteiger partial charge in [0.2, 0.25) is 10.9 Å². The summed E-state index contributed by atoms with van der Waals surface area (Å²) >= 11 is 7.54. The molecule has 2 aromatic heterocycles. The van der Waals surface area contributed by atoms with Gasteiger partial charge in [0, 0.05) is 11.1 Å². The Bertz CT molecular complexity index is 1400. The number of anilines is 1. The zero-order valence-electron chi connectivity index (χ0n) is 16.6. The van der Waals surface area contributed by atoms with Crippen LogP contribution in [0, 0.1) is 0 Å². The minimum absolute atomic E-state index is 0.0102. The Kier molecular flexibility index (Phi) is 4.75. The van der Waals surface area contributed by atoms with Crippen LogP contribution in [-0.4, -0.2) is 23.2 Å². The molecule has 5 rings (SSSR count). The molecule has 0 radical (unpaired) electrons. The van der Waals surface area contributed by atoms with Crippen LogP contribution >= 0.6 is 22.9 Å². The fourth-order valence-electron chi connectivity index (χ4n) is 3.75. The Balaban J connectivity index is 1.80. The van der Waals surface area contributed by atoms with Gasteiger partial charge in [-0.2, -0.15) is 0 Å². The lowest BCUT2D eigenvalue weighted by atomic mass is 9.99. The molecule has 0 bridgehead atoms. The molecule has 1 unspecified atom stereocenters. The van der Waals surface area contributed by atoms with Crippen LogP contribution in [0.15, 0.2) is 51.7 Å². The first-order valence-corrected chi connectivity index (χ1v) is 10.8. The van der Waals surface area contributed by atoms with Gasteiger partial charge in [-0.3, -0.25) is 14.5 Å². The van der Waals surface area contributed by atoms with Crippen molar-refractivity contribution in [1.29, 1.82) is 0 Å². The summed E-state index contributed by atoms with van der Waals surface area (Å²) in [5.41, 5.74) is 0.959. The van der Waals surface area contributed by atoms with Crippen molar-refractivity contribution in [3.8, 4) is 5.75 Å². The predicted octanol–water partition coefficient (Wildman–Crippen LogP) is 4.62. The second kappa shape index (κ2) is 7.47. The highest BCUT2D eigenvalue weighted by atomic mass is 35.5. The van der Waals surface area contributed by atoms with E-state index in [0.717, 1.165) is 5.01 Å². The zero-order chi connectivity index (χ0) is 21.7. The molecule has 0 spiro atoms. The summed E-state index contributed by atoms with van der Waals surface area (Å²) in [6.07, 6.45) is 0.690. The van der Waals surface area contributed by atoms with Crippen molar-refractivity contribution < 1.29 is 13.9 Å². The van der Waals surface area contributed by atoms with Crippen LogP contribution < -0.4 is 15.1 Å². The first-order chi connectivity index (χ1) is 15.0. The summed E-state index contributed by atoms with van der Waals surface area (Å²) in [7, 11) is 1.52. The predicted molar refractivity (Wildman–Crippen MR) is 118 cm³/mol. The quantitative estimate of drug-likeness (QED) is 0.448. The van der Waals surface area contributed by atoms with E-state index in [9.17, 15) is 9.59 Å². The van der Waals surface area contributed by atoms with Crippen LogP contribution in [-0.2, 0) is 6.42 Å². The standard InChI is InChI=1S/C22H16ClN3O4S/c1-3-16-24-25-22(31-16)26-18(11-5-4-6-12(23)9-11)17-19(27)14-8-7-13(29-2)10-15(14)30-20(17)21(26)28/h4-10,18H,3H2,1-2H3. The molecule has 1 aliphatic rings. The summed E-state index contributed by atoms with van der Waals surface area (Å²) in [5.74, 6) is 0.0746. The maximum atomic E-state index is 13.5. The number of carbonyl (C=O) groups excluding carboxylic acids is 1. The van der Waals surface area contributed by atoms with Crippen molar-refractivity contribution in [3.63, 3.8) is 0 Å². The zero-order valence-corrected chi connectivity index (χ0v) is 18.2. The number of carbonyl (C=O) groups is 1. The number of methoxy groups -OCH3 is 1. The van der Waals surface area contributed by atoms with Gasteiger partial charge in [0.1, 0.15) is 16.3 Å². The van der Waals surface area contributed by atoms with E-state index in [1.54, 1.807) is 36.4 Å². The number of rotatable bonds is 4. The number of aryl methyl sites for hydroxylation is 1. The molecule has 4 aromatic rings. The minimum Gasteiger partial charge on any atom is -0.497 e. The number of ether oxygens (including phenoxy) is 1. The second-order valence-corrected chi connectivity index (χ2v) is 8.48. The molecule has 0 saturated heterocycles. The number of halogens is 1. The molecule has 1 amide bonds. The summed E-state index contributed by atoms with van der Waals surface area (Å²) in [5, 5.41) is 10.4. The molecule has 1 aliphatic heterocycles. The van der Waals surface area contributed by atoms with Gasteiger partial charge in [0.05, 0.1) is 24.1 Å². The SMILES string of the molecule is CCc1nnc(N2C(=O)c3oc4cc(OC)ccc4c(=O)c3C2c2cccc(Cl)c2)s1. The summed E-state index contributed by atoms with van der Waals surface area (Å²) in [6.45, 7) is 1.96. The van der Waals surface area contributed by atoms with E-state index in [-0.39, 0.29) is 22.3 Å². The molecule has 7 nitrogen and oxygen atoms in total. The monoisotopic (exact) mass is 453 g/mol. The van der Waals surface area contributed by atoms with E-state index in [0.29, 0.717) is 33.3 Å². The lowest BCUT2D eigenvalue weighted by Crippen LogP contribution is -2.29. The summed E-state index contributed by atoms with van der Waals surface area (Å²) < 4.78 is 11.2. The van der Waals surface area contributed by atoms with E-state index < -0.39 is 11.9 Å². The maximum Gasteiger partial charge on any atom is 0.297 e. The third-order valence-electron chi connectivity index (χ3n) is 5.21. The molecule has 0 aliphatic carbocycles. The molecule has 156 valence electrons. The lowest BCUT2D eigenvalue weighted by molar-refractivity contribution is 0.0970. The maximum absolute atomic E-state index is 13.5. The van der Waals surface area contributed by atoms with E-state index in [2.05, 4.69) is 10.2 Å². The Labute approximate surface area is 185 Å². The van der Waals surface area contributed by atoms with Gasteiger partial charge in [0.15, 0.2) is 5.43 Å². The van der Waals surface area contributed by atoms with Gasteiger partial charge in [-0.25, -0.2) is 0 Å². The molecule has 0 fully saturated rings. The van der Waals surface area contributed by atoms with Crippen LogP contribution in [0.2, 0.25) is 5.02 Å². The minimum atomic E-state index is -0.721. The largest absolute Gasteiger partial charge is 0.497 e. The lowest BCUT2D eigenvalue weighted by Gasteiger charge is -2.22. The van der Waals surface area contributed by atoms with E-state index in [1.165, 1.54) is 23.3 Å². The molecule has 9 heteroatoms. The van der Waals surface area contributed by atoms with Crippen molar-refractivity contribution in [2.24, 2.45) is 0 Å². The van der Waals surface area contributed by atoms with Gasteiger partial charge >= 0.3 is 0 Å². The number of nitrogens with zero attached hydrogens (tertiary/aromatic N) is 3. The Morgan fingerprint density at radius 2 is 2.03 bits per heavy atom. The Morgan fingerprint density at radius 1 is 1.19 bits per heavy atom. The first-order valence-electron chi connectivity index (χ1n) is 9.58. The number of hydrogen-bond acceptors (Lipinski definition) is 7. The second-order valence-electron chi connectivity index (χ2n) is 7.00. The molecule has 1 atom stereocenters. The molecule has 0 saturated carbocycles. The van der Waals surface area contributed by atoms with Gasteiger partial charge in [-0.1, -0.05) is 42.0 Å². The van der Waals surface area contributed by atoms with Crippen LogP contribution in [0.3, 0.4) is 0 Å². The highest BCUT2D eigenvalue weighted by molar-refractivity contribution is 7.15. The third kappa shape index (κ3) is 3.10. The number of benzene rings is 2. The Morgan fingerprint density at radius 3 is 2.74 bits per heavy atom. The van der Waals surface area contributed by atoms with Crippen molar-refractivity contribution in [2.75, 3.05) is 12.0 Å². The van der Waals surface area contributed by atoms with E-state index in [1.807, 2.05) is 13.0 Å². The van der Waals surface area contributed by atoms with Crippen molar-refractivity contribution in [2.45, 2.75) is 19.4 Å². The number of hydrogen-bond donors (Lipinski definition) is 0.